The van der Waals surface area contributed by atoms with Crippen LogP contribution in [0.25, 0.3) is 0 Å². The largest absolute Gasteiger partial charge is 0.508 e. The van der Waals surface area contributed by atoms with Gasteiger partial charge in [0.2, 0.25) is 11.9 Å². The number of rotatable bonds is 9. The highest BCUT2D eigenvalue weighted by molar-refractivity contribution is 5.62. The second-order valence-electron chi connectivity index (χ2n) is 7.70. The molecule has 11 heteroatoms. The Balaban J connectivity index is 1.71. The fraction of sp³-hybridized carbons (Fsp3) is 0.160. The minimum Gasteiger partial charge on any atom is -0.508 e. The Morgan fingerprint density at radius 1 is 0.583 bits per heavy atom. The van der Waals surface area contributed by atoms with E-state index in [1.807, 2.05) is 0 Å². The molecule has 1 aromatic heterocycles. The van der Waals surface area contributed by atoms with E-state index in [1.54, 1.807) is 24.3 Å². The lowest BCUT2D eigenvalue weighted by Gasteiger charge is -2.13. The fourth-order valence-corrected chi connectivity index (χ4v) is 3.46. The topological polar surface area (TPSA) is 151 Å². The Kier molecular flexibility index (Phi) is 7.10. The average Bonchev–Trinajstić information content (AvgIpc) is 2.82. The molecule has 36 heavy (non-hydrogen) atoms. The van der Waals surface area contributed by atoms with E-state index in [0.29, 0.717) is 40.0 Å². The monoisotopic (exact) mass is 491 g/mol. The molecule has 0 aliphatic heterocycles. The van der Waals surface area contributed by atoms with Crippen LogP contribution in [0.2, 0.25) is 0 Å². The van der Waals surface area contributed by atoms with E-state index in [4.69, 9.17) is 14.2 Å². The molecule has 0 fully saturated rings. The molecule has 4 aromatic rings. The Morgan fingerprint density at radius 3 is 1.50 bits per heavy atom. The first-order valence-electron chi connectivity index (χ1n) is 10.8. The lowest BCUT2D eigenvalue weighted by atomic mass is 10.1. The van der Waals surface area contributed by atoms with Gasteiger partial charge in [-0.05, 0) is 17.7 Å². The molecule has 3 aromatic carbocycles. The molecule has 0 aliphatic rings. The normalized spacial score (nSPS) is 10.5. The highest BCUT2D eigenvalue weighted by Crippen LogP contribution is 2.29. The van der Waals surface area contributed by atoms with Crippen molar-refractivity contribution < 1.29 is 29.5 Å². The van der Waals surface area contributed by atoms with Crippen LogP contribution in [-0.2, 0) is 6.42 Å². The predicted octanol–water partition coefficient (Wildman–Crippen LogP) is 4.09. The Bertz CT molecular complexity index is 1200. The van der Waals surface area contributed by atoms with Crippen LogP contribution in [0.15, 0.2) is 54.6 Å². The van der Waals surface area contributed by atoms with E-state index >= 15 is 0 Å². The van der Waals surface area contributed by atoms with Gasteiger partial charge in [0.1, 0.15) is 40.3 Å². The molecular weight excluding hydrogens is 466 g/mol. The molecule has 0 bridgehead atoms. The van der Waals surface area contributed by atoms with Crippen molar-refractivity contribution in [3.8, 4) is 34.5 Å². The number of ether oxygens (including phenoxy) is 3. The number of hydrogen-bond acceptors (Lipinski definition) is 11. The minimum atomic E-state index is 0.00295. The smallest absolute Gasteiger partial charge is 0.232 e. The lowest BCUT2D eigenvalue weighted by Crippen LogP contribution is -2.08. The van der Waals surface area contributed by atoms with E-state index in [9.17, 15) is 15.3 Å². The molecule has 0 atom stereocenters. The van der Waals surface area contributed by atoms with Crippen molar-refractivity contribution in [1.82, 2.24) is 15.0 Å². The van der Waals surface area contributed by atoms with Gasteiger partial charge >= 0.3 is 0 Å². The van der Waals surface area contributed by atoms with E-state index in [2.05, 4.69) is 25.6 Å². The summed E-state index contributed by atoms with van der Waals surface area (Å²) in [7, 11) is 4.50. The zero-order valence-corrected chi connectivity index (χ0v) is 19.8. The van der Waals surface area contributed by atoms with Crippen LogP contribution in [-0.4, -0.2) is 51.6 Å². The van der Waals surface area contributed by atoms with Crippen LogP contribution in [0.5, 0.6) is 34.5 Å². The molecule has 0 spiro atoms. The third kappa shape index (κ3) is 6.14. The second kappa shape index (κ2) is 10.6. The Labute approximate surface area is 207 Å². The molecule has 0 radical (unpaired) electrons. The van der Waals surface area contributed by atoms with Gasteiger partial charge in [0, 0.05) is 60.3 Å². The predicted molar refractivity (Wildman–Crippen MR) is 133 cm³/mol. The lowest BCUT2D eigenvalue weighted by molar-refractivity contribution is 0.407. The molecule has 0 amide bonds. The van der Waals surface area contributed by atoms with Crippen molar-refractivity contribution in [2.45, 2.75) is 6.42 Å². The number of hydrogen-bond donors (Lipinski definition) is 5. The zero-order valence-electron chi connectivity index (χ0n) is 19.8. The first-order chi connectivity index (χ1) is 17.3. The molecule has 4 rings (SSSR count). The molecule has 1 heterocycles. The second-order valence-corrected chi connectivity index (χ2v) is 7.70. The van der Waals surface area contributed by atoms with E-state index in [1.165, 1.54) is 51.7 Å². The molecule has 0 aliphatic carbocycles. The Morgan fingerprint density at radius 2 is 1.03 bits per heavy atom. The number of nitrogens with one attached hydrogen (secondary N) is 2. The van der Waals surface area contributed by atoms with Gasteiger partial charge in [-0.2, -0.15) is 15.0 Å². The van der Waals surface area contributed by atoms with Crippen LogP contribution >= 0.6 is 0 Å². The molecular formula is C25H25N5O6. The van der Waals surface area contributed by atoms with Gasteiger partial charge in [-0.1, -0.05) is 0 Å². The maximum atomic E-state index is 10.0. The van der Waals surface area contributed by atoms with Gasteiger partial charge in [0.15, 0.2) is 0 Å². The summed E-state index contributed by atoms with van der Waals surface area (Å²) in [5, 5.41) is 36.1. The summed E-state index contributed by atoms with van der Waals surface area (Å²) in [5.41, 5.74) is 1.70. The van der Waals surface area contributed by atoms with Crippen LogP contribution in [0, 0.1) is 0 Å². The van der Waals surface area contributed by atoms with Crippen LogP contribution in [0.1, 0.15) is 11.4 Å². The summed E-state index contributed by atoms with van der Waals surface area (Å²) in [6.45, 7) is 0. The summed E-state index contributed by atoms with van der Waals surface area (Å²) >= 11 is 0. The highest BCUT2D eigenvalue weighted by atomic mass is 16.5. The molecule has 0 unspecified atom stereocenters. The molecule has 186 valence electrons. The van der Waals surface area contributed by atoms with E-state index in [0.717, 1.165) is 0 Å². The average molecular weight is 492 g/mol. The third-order valence-electron chi connectivity index (χ3n) is 5.00. The fourth-order valence-electron chi connectivity index (χ4n) is 3.46. The van der Waals surface area contributed by atoms with Crippen molar-refractivity contribution in [2.24, 2.45) is 0 Å². The van der Waals surface area contributed by atoms with Crippen molar-refractivity contribution in [1.29, 1.82) is 0 Å². The zero-order chi connectivity index (χ0) is 25.7. The number of anilines is 4. The first kappa shape index (κ1) is 24.2. The van der Waals surface area contributed by atoms with Gasteiger partial charge in [-0.25, -0.2) is 0 Å². The summed E-state index contributed by atoms with van der Waals surface area (Å²) in [6, 6.07) is 14.2. The third-order valence-corrected chi connectivity index (χ3v) is 5.00. The van der Waals surface area contributed by atoms with Gasteiger partial charge in [-0.3, -0.25) is 0 Å². The maximum absolute atomic E-state index is 10.0. The number of aromatic hydroxyl groups is 3. The summed E-state index contributed by atoms with van der Waals surface area (Å²) in [4.78, 5) is 13.4. The standard InChI is InChI=1S/C25H25N5O6/c1-34-20-5-14(4-17(31)11-20)6-23-28-24(26-15-7-18(32)12-21(9-15)35-2)30-25(29-23)27-16-8-19(33)13-22(10-16)36-3/h4-5,7-13,31-33H,6H2,1-3H3,(H2,26,27,28,29,30). The van der Waals surface area contributed by atoms with Crippen LogP contribution < -0.4 is 24.8 Å². The van der Waals surface area contributed by atoms with Gasteiger partial charge in [0.25, 0.3) is 0 Å². The van der Waals surface area contributed by atoms with E-state index in [-0.39, 0.29) is 35.6 Å². The minimum absolute atomic E-state index is 0.00295. The maximum Gasteiger partial charge on any atom is 0.232 e. The Hall–Kier alpha value is -4.93. The van der Waals surface area contributed by atoms with Crippen LogP contribution in [0.3, 0.4) is 0 Å². The van der Waals surface area contributed by atoms with Crippen molar-refractivity contribution in [2.75, 3.05) is 32.0 Å². The van der Waals surface area contributed by atoms with Crippen molar-refractivity contribution >= 4 is 23.3 Å². The SMILES string of the molecule is COc1cc(O)cc(Cc2nc(Nc3cc(O)cc(OC)c3)nc(Nc3cc(O)cc(OC)c3)n2)c1. The number of nitrogens with zero attached hydrogens (tertiary/aromatic N) is 3. The number of methoxy groups -OCH3 is 3. The number of phenols is 3. The molecule has 5 N–H and O–H groups in total. The number of phenolic OH excluding ortho intramolecular Hbond substituents is 3. The van der Waals surface area contributed by atoms with Crippen molar-refractivity contribution in [3.63, 3.8) is 0 Å². The number of aromatic nitrogens is 3. The number of benzene rings is 3. The molecule has 0 saturated carbocycles. The van der Waals surface area contributed by atoms with E-state index < -0.39 is 0 Å². The quantitative estimate of drug-likeness (QED) is 0.230. The van der Waals surface area contributed by atoms with Gasteiger partial charge < -0.3 is 40.2 Å². The van der Waals surface area contributed by atoms with Crippen LogP contribution in [0.4, 0.5) is 23.3 Å². The van der Waals surface area contributed by atoms with Gasteiger partial charge in [-0.15, -0.1) is 0 Å². The van der Waals surface area contributed by atoms with Crippen molar-refractivity contribution in [3.05, 3.63) is 66.0 Å². The summed E-state index contributed by atoms with van der Waals surface area (Å²) < 4.78 is 15.7. The highest BCUT2D eigenvalue weighted by Gasteiger charge is 2.12. The summed E-state index contributed by atoms with van der Waals surface area (Å²) in [6.07, 6.45) is 0.253. The summed E-state index contributed by atoms with van der Waals surface area (Å²) in [5.74, 6) is 2.20. The molecule has 11 nitrogen and oxygen atoms in total. The molecule has 0 saturated heterocycles. The first-order valence-corrected chi connectivity index (χ1v) is 10.8. The van der Waals surface area contributed by atoms with Gasteiger partial charge in [0.05, 0.1) is 21.3 Å².